The lowest BCUT2D eigenvalue weighted by Crippen LogP contribution is -2.35. The van der Waals surface area contributed by atoms with Crippen molar-refractivity contribution in [1.82, 2.24) is 5.32 Å². The third-order valence-corrected chi connectivity index (χ3v) is 7.06. The molecular weight excluding hydrogens is 473 g/mol. The smallest absolute Gasteiger partial charge is 0.444 e. The Balaban J connectivity index is 1.48. The molecule has 0 aliphatic carbocycles. The summed E-state index contributed by atoms with van der Waals surface area (Å²) in [5, 5.41) is 12.6. The quantitative estimate of drug-likeness (QED) is 0.212. The molecule has 4 aromatic rings. The van der Waals surface area contributed by atoms with Crippen molar-refractivity contribution < 1.29 is 23.5 Å². The molecule has 36 heavy (non-hydrogen) atoms. The van der Waals surface area contributed by atoms with Crippen LogP contribution in [-0.2, 0) is 15.8 Å². The monoisotopic (exact) mass is 501 g/mol. The number of carbonyl (C=O) groups is 1. The molecule has 0 aliphatic heterocycles. The maximum absolute atomic E-state index is 13.7. The second-order valence-electron chi connectivity index (χ2n) is 8.34. The summed E-state index contributed by atoms with van der Waals surface area (Å²) < 4.78 is 25.3. The van der Waals surface area contributed by atoms with Gasteiger partial charge in [0.15, 0.2) is 0 Å². The lowest BCUT2D eigenvalue weighted by atomic mass is 9.99. The van der Waals surface area contributed by atoms with Crippen LogP contribution in [0.25, 0.3) is 11.1 Å². The van der Waals surface area contributed by atoms with Crippen molar-refractivity contribution >= 4 is 13.6 Å². The number of benzene rings is 4. The average Bonchev–Trinajstić information content (AvgIpc) is 2.89. The van der Waals surface area contributed by atoms with Crippen LogP contribution in [0.15, 0.2) is 115 Å². The molecule has 184 valence electrons. The Labute approximate surface area is 211 Å². The second-order valence-corrected chi connectivity index (χ2v) is 10.2. The van der Waals surface area contributed by atoms with Crippen LogP contribution in [0.5, 0.6) is 11.5 Å². The summed E-state index contributed by atoms with van der Waals surface area (Å²) >= 11 is 0. The van der Waals surface area contributed by atoms with E-state index in [2.05, 4.69) is 5.32 Å². The molecule has 0 aliphatic rings. The van der Waals surface area contributed by atoms with Crippen molar-refractivity contribution in [1.29, 1.82) is 0 Å². The van der Waals surface area contributed by atoms with Crippen LogP contribution in [0.1, 0.15) is 12.0 Å². The normalized spacial score (nSPS) is 12.0. The summed E-state index contributed by atoms with van der Waals surface area (Å²) in [6, 6.07) is 35.1. The van der Waals surface area contributed by atoms with Gasteiger partial charge < -0.3 is 19.5 Å². The molecule has 0 fully saturated rings. The summed E-state index contributed by atoms with van der Waals surface area (Å²) in [4.78, 5) is 11.6. The van der Waals surface area contributed by atoms with Crippen LogP contribution in [-0.4, -0.2) is 23.4 Å². The van der Waals surface area contributed by atoms with Gasteiger partial charge in [-0.05, 0) is 47.4 Å². The molecule has 0 saturated heterocycles. The van der Waals surface area contributed by atoms with E-state index in [1.165, 1.54) is 0 Å². The first-order valence-corrected chi connectivity index (χ1v) is 13.4. The topological polar surface area (TPSA) is 84.9 Å². The molecular formula is C29H28NO5P. The van der Waals surface area contributed by atoms with Crippen LogP contribution >= 0.6 is 7.60 Å². The van der Waals surface area contributed by atoms with Crippen LogP contribution in [0.3, 0.4) is 0 Å². The highest BCUT2D eigenvalue weighted by atomic mass is 31.2. The fourth-order valence-corrected chi connectivity index (χ4v) is 5.32. The number of hydrogen-bond acceptors (Lipinski definition) is 5. The highest BCUT2D eigenvalue weighted by molar-refractivity contribution is 7.54. The molecule has 4 rings (SSSR count). The minimum atomic E-state index is -3.72. The van der Waals surface area contributed by atoms with E-state index >= 15 is 0 Å². The largest absolute Gasteiger partial charge is 0.481 e. The molecule has 0 heterocycles. The van der Waals surface area contributed by atoms with E-state index < -0.39 is 19.6 Å². The van der Waals surface area contributed by atoms with Gasteiger partial charge in [0.05, 0.1) is 6.42 Å². The van der Waals surface area contributed by atoms with E-state index in [9.17, 15) is 14.5 Å². The van der Waals surface area contributed by atoms with Gasteiger partial charge >= 0.3 is 13.6 Å². The standard InChI is InChI=1S/C29H28NO5P/c31-29(32)21-26(20-23-16-18-25(19-17-23)24-10-4-1-5-11-24)30-22-36(33,34-27-12-6-2-7-13-27)35-28-14-8-3-9-15-28/h1-19,26,30H,20-22H2,(H,31,32)/t26-/m0/s1. The van der Waals surface area contributed by atoms with Gasteiger partial charge in [0.1, 0.15) is 17.8 Å². The predicted molar refractivity (Wildman–Crippen MR) is 141 cm³/mol. The van der Waals surface area contributed by atoms with Crippen LogP contribution in [0, 0.1) is 0 Å². The van der Waals surface area contributed by atoms with Crippen LogP contribution in [0.4, 0.5) is 0 Å². The number of carboxylic acids is 1. The molecule has 0 bridgehead atoms. The van der Waals surface area contributed by atoms with E-state index in [1.54, 1.807) is 48.5 Å². The van der Waals surface area contributed by atoms with Gasteiger partial charge in [-0.3, -0.25) is 4.79 Å². The van der Waals surface area contributed by atoms with Crippen molar-refractivity contribution in [2.75, 3.05) is 6.29 Å². The van der Waals surface area contributed by atoms with Crippen molar-refractivity contribution in [2.45, 2.75) is 18.9 Å². The first-order chi connectivity index (χ1) is 17.5. The molecule has 0 aromatic heterocycles. The maximum Gasteiger partial charge on any atom is 0.444 e. The number of nitrogens with one attached hydrogen (secondary N) is 1. The van der Waals surface area contributed by atoms with Crippen molar-refractivity contribution in [3.05, 3.63) is 121 Å². The van der Waals surface area contributed by atoms with Gasteiger partial charge in [-0.15, -0.1) is 0 Å². The zero-order chi connectivity index (χ0) is 25.2. The highest BCUT2D eigenvalue weighted by Crippen LogP contribution is 2.47. The first kappa shape index (κ1) is 25.2. The van der Waals surface area contributed by atoms with Gasteiger partial charge in [0, 0.05) is 6.04 Å². The number of rotatable bonds is 12. The molecule has 6 nitrogen and oxygen atoms in total. The van der Waals surface area contributed by atoms with E-state index in [0.29, 0.717) is 17.9 Å². The fraction of sp³-hybridized carbons (Fsp3) is 0.138. The SMILES string of the molecule is O=C(O)C[C@H](Cc1ccc(-c2ccccc2)cc1)NCP(=O)(Oc1ccccc1)Oc1ccccc1. The number of aliphatic carboxylic acids is 1. The van der Waals surface area contributed by atoms with Crippen LogP contribution < -0.4 is 14.4 Å². The lowest BCUT2D eigenvalue weighted by Gasteiger charge is -2.23. The summed E-state index contributed by atoms with van der Waals surface area (Å²) in [5.74, 6) is -0.133. The Bertz CT molecular complexity index is 1240. The Morgan fingerprint density at radius 3 is 1.69 bits per heavy atom. The Kier molecular flexibility index (Phi) is 8.56. The van der Waals surface area contributed by atoms with E-state index in [-0.39, 0.29) is 12.7 Å². The van der Waals surface area contributed by atoms with E-state index in [1.807, 2.05) is 66.7 Å². The second kappa shape index (κ2) is 12.2. The summed E-state index contributed by atoms with van der Waals surface area (Å²) in [5.41, 5.74) is 3.16. The minimum Gasteiger partial charge on any atom is -0.481 e. The molecule has 0 unspecified atom stereocenters. The first-order valence-electron chi connectivity index (χ1n) is 11.7. The lowest BCUT2D eigenvalue weighted by molar-refractivity contribution is -0.137. The fourth-order valence-electron chi connectivity index (χ4n) is 3.78. The third kappa shape index (κ3) is 7.57. The van der Waals surface area contributed by atoms with Crippen LogP contribution in [0.2, 0.25) is 0 Å². The Hall–Kier alpha value is -3.86. The number of hydrogen-bond donors (Lipinski definition) is 2. The molecule has 0 saturated carbocycles. The zero-order valence-electron chi connectivity index (χ0n) is 19.7. The van der Waals surface area contributed by atoms with Crippen molar-refractivity contribution in [3.63, 3.8) is 0 Å². The van der Waals surface area contributed by atoms with Gasteiger partial charge in [-0.2, -0.15) is 0 Å². The molecule has 0 amide bonds. The van der Waals surface area contributed by atoms with Gasteiger partial charge in [-0.1, -0.05) is 91.0 Å². The molecule has 7 heteroatoms. The average molecular weight is 502 g/mol. The van der Waals surface area contributed by atoms with Crippen molar-refractivity contribution in [2.24, 2.45) is 0 Å². The van der Waals surface area contributed by atoms with Gasteiger partial charge in [-0.25, -0.2) is 4.57 Å². The van der Waals surface area contributed by atoms with Gasteiger partial charge in [0.25, 0.3) is 0 Å². The van der Waals surface area contributed by atoms with Crippen molar-refractivity contribution in [3.8, 4) is 22.6 Å². The Morgan fingerprint density at radius 2 is 1.19 bits per heavy atom. The predicted octanol–water partition coefficient (Wildman–Crippen LogP) is 6.64. The third-order valence-electron chi connectivity index (χ3n) is 5.51. The molecule has 0 radical (unpaired) electrons. The van der Waals surface area contributed by atoms with E-state index in [0.717, 1.165) is 16.7 Å². The zero-order valence-corrected chi connectivity index (χ0v) is 20.6. The summed E-state index contributed by atoms with van der Waals surface area (Å²) in [7, 11) is -3.72. The molecule has 2 N–H and O–H groups in total. The maximum atomic E-state index is 13.7. The molecule has 0 spiro atoms. The highest BCUT2D eigenvalue weighted by Gasteiger charge is 2.30. The van der Waals surface area contributed by atoms with Gasteiger partial charge in [0.2, 0.25) is 0 Å². The van der Waals surface area contributed by atoms with E-state index in [4.69, 9.17) is 9.05 Å². The number of para-hydroxylation sites is 2. The number of carboxylic acid groups (broad SMARTS) is 1. The minimum absolute atomic E-state index is 0.142. The Morgan fingerprint density at radius 1 is 0.722 bits per heavy atom. The molecule has 4 aromatic carbocycles. The summed E-state index contributed by atoms with van der Waals surface area (Å²) in [6.07, 6.45) is 0.145. The molecule has 1 atom stereocenters. The summed E-state index contributed by atoms with van der Waals surface area (Å²) in [6.45, 7) is 0.